The number of aromatic nitrogens is 3. The van der Waals surface area contributed by atoms with Gasteiger partial charge in [0.25, 0.3) is 0 Å². The highest BCUT2D eigenvalue weighted by Gasteiger charge is 2.57. The molecular weight excluding hydrogens is 1600 g/mol. The van der Waals surface area contributed by atoms with Crippen LogP contribution < -0.4 is 43.6 Å². The van der Waals surface area contributed by atoms with E-state index in [2.05, 4.69) is 97.3 Å². The van der Waals surface area contributed by atoms with Crippen LogP contribution in [0, 0.1) is 50.2 Å². The molecule has 0 unspecified atom stereocenters. The first-order chi connectivity index (χ1) is 58.8. The first-order valence-corrected chi connectivity index (χ1v) is 43.0. The van der Waals surface area contributed by atoms with Gasteiger partial charge in [0, 0.05) is 172 Å². The summed E-state index contributed by atoms with van der Waals surface area (Å²) in [4.78, 5) is 76.0. The third-order valence-corrected chi connectivity index (χ3v) is 28.0. The summed E-state index contributed by atoms with van der Waals surface area (Å²) >= 11 is 12.9. The van der Waals surface area contributed by atoms with Crippen LogP contribution in [-0.2, 0) is 59.5 Å². The van der Waals surface area contributed by atoms with Gasteiger partial charge in [-0.2, -0.15) is 29.0 Å². The van der Waals surface area contributed by atoms with Gasteiger partial charge in [0.1, 0.15) is 60.5 Å². The molecule has 4 aromatic carbocycles. The van der Waals surface area contributed by atoms with E-state index < -0.39 is 11.7 Å². The number of fused-ring (bicyclic) bond motifs is 4. The van der Waals surface area contributed by atoms with Crippen LogP contribution in [0.4, 0.5) is 47.3 Å². The molecule has 3 atom stereocenters. The summed E-state index contributed by atoms with van der Waals surface area (Å²) < 4.78 is 60.4. The van der Waals surface area contributed by atoms with E-state index in [1.54, 1.807) is 28.0 Å². The zero-order chi connectivity index (χ0) is 85.3. The van der Waals surface area contributed by atoms with Gasteiger partial charge in [-0.3, -0.25) is 14.4 Å². The largest absolute Gasteiger partial charge is 0.508 e. The molecule has 12 aliphatic heterocycles. The Morgan fingerprint density at radius 1 is 0.492 bits per heavy atom. The number of hydrogen-bond donors (Lipinski definition) is 1. The minimum atomic E-state index is -4.47. The lowest BCUT2D eigenvalue weighted by Gasteiger charge is -2.61. The van der Waals surface area contributed by atoms with Crippen molar-refractivity contribution in [3.8, 4) is 41.6 Å². The fourth-order valence-corrected chi connectivity index (χ4v) is 21.2. The number of anilines is 6. The number of nitriles is 3. The molecule has 1 N–H and O–H groups in total. The Morgan fingerprint density at radius 3 is 1.22 bits per heavy atom. The first kappa shape index (κ1) is 83.2. The van der Waals surface area contributed by atoms with Gasteiger partial charge in [0.2, 0.25) is 35.4 Å². The number of pyridine rings is 3. The van der Waals surface area contributed by atoms with Crippen LogP contribution in [0.1, 0.15) is 94.6 Å². The van der Waals surface area contributed by atoms with Gasteiger partial charge < -0.3 is 78.1 Å². The first-order valence-electron chi connectivity index (χ1n) is 42.2. The predicted molar refractivity (Wildman–Crippen MR) is 462 cm³/mol. The zero-order valence-corrected chi connectivity index (χ0v) is 70.8. The van der Waals surface area contributed by atoms with Crippen molar-refractivity contribution in [1.29, 1.82) is 15.8 Å². The van der Waals surface area contributed by atoms with Crippen LogP contribution in [0.3, 0.4) is 0 Å². The summed E-state index contributed by atoms with van der Waals surface area (Å²) in [5.41, 5.74) is 11.0. The Bertz CT molecular complexity index is 5440. The lowest BCUT2D eigenvalue weighted by molar-refractivity contribution is -0.140. The second kappa shape index (κ2) is 33.6. The second-order valence-electron chi connectivity index (χ2n) is 35.3. The van der Waals surface area contributed by atoms with Crippen molar-refractivity contribution >= 4 is 85.8 Å². The van der Waals surface area contributed by atoms with Crippen LogP contribution in [0.25, 0.3) is 10.8 Å². The van der Waals surface area contributed by atoms with E-state index in [1.807, 2.05) is 53.2 Å². The lowest BCUT2D eigenvalue weighted by atomic mass is 9.72. The molecule has 7 aromatic rings. The number of benzene rings is 4. The molecular formula is C92H101Cl2F3N18O7. The van der Waals surface area contributed by atoms with E-state index in [0.717, 1.165) is 210 Å². The smallest absolute Gasteiger partial charge is 0.418 e. The Labute approximate surface area is 719 Å². The van der Waals surface area contributed by atoms with Crippen LogP contribution in [0.15, 0.2) is 117 Å². The fourth-order valence-electron chi connectivity index (χ4n) is 20.8. The van der Waals surface area contributed by atoms with Crippen molar-refractivity contribution in [2.75, 3.05) is 188 Å². The van der Waals surface area contributed by atoms with E-state index >= 15 is 0 Å². The van der Waals surface area contributed by atoms with Gasteiger partial charge in [-0.1, -0.05) is 85.4 Å². The molecule has 25 nitrogen and oxygen atoms in total. The summed E-state index contributed by atoms with van der Waals surface area (Å²) in [6.45, 7) is 27.1. The molecule has 12 aliphatic rings. The monoisotopic (exact) mass is 1700 g/mol. The van der Waals surface area contributed by atoms with Gasteiger partial charge in [0.15, 0.2) is 0 Å². The highest BCUT2D eigenvalue weighted by Crippen LogP contribution is 2.52. The molecule has 19 rings (SSSR count). The van der Waals surface area contributed by atoms with Crippen molar-refractivity contribution in [2.24, 2.45) is 16.2 Å². The summed E-state index contributed by atoms with van der Waals surface area (Å²) in [6.07, 6.45) is 8.02. The minimum absolute atomic E-state index is 0.0228. The third kappa shape index (κ3) is 15.9. The topological polar surface area (TPSA) is 248 Å². The number of alkyl halides is 3. The molecule has 3 aromatic heterocycles. The highest BCUT2D eigenvalue weighted by molar-refractivity contribution is 6.43. The van der Waals surface area contributed by atoms with E-state index in [0.29, 0.717) is 128 Å². The Balaban J connectivity index is 0.000000130. The number of aromatic hydroxyl groups is 1. The number of carbonyl (C=O) groups is 3. The number of phenols is 1. The molecule has 0 saturated carbocycles. The number of para-hydroxylation sites is 1. The average Bonchev–Trinajstić information content (AvgIpc) is 0.852. The molecule has 636 valence electrons. The molecule has 9 fully saturated rings. The molecule has 3 spiro atoms. The number of phenolic OH excluding ortho intramolecular Hbond substituents is 1. The number of nitrogens with zero attached hydrogens (tertiary/aromatic N) is 18. The van der Waals surface area contributed by atoms with E-state index in [4.69, 9.17) is 52.4 Å². The number of likely N-dealkylation sites (N-methyl/N-ethyl adjacent to an activating group) is 3. The average molecular weight is 1700 g/mol. The highest BCUT2D eigenvalue weighted by atomic mass is 35.5. The van der Waals surface area contributed by atoms with Gasteiger partial charge >= 0.3 is 6.18 Å². The van der Waals surface area contributed by atoms with E-state index in [-0.39, 0.29) is 63.9 Å². The van der Waals surface area contributed by atoms with Crippen LogP contribution >= 0.6 is 23.2 Å². The summed E-state index contributed by atoms with van der Waals surface area (Å²) in [5, 5.41) is 44.7. The number of amides is 3. The SMILES string of the molecule is C=CC(=O)N1CC2(C1)CN(c1c(C#N)c(OC[C@@H]3CCCN3C)nc3c1CCN(c1cc(O)cc4ccccc14)C3)C2.C=CC(=O)N1CC2(C1)CN(c1c(C#N)c(OC[C@@H]3CCCN3C)nc3c1CCN(c1cccc(Cl)c1Cl)C3)C2.C=CC(=O)N1CC2(C1)CN(c1c(C#N)c(OC[C@@H]3CCCN3C)nc3c1CCN(c1ccccc1C(F)(F)F)C3)C2. The lowest BCUT2D eigenvalue weighted by Crippen LogP contribution is -2.73. The number of hydrogen-bond acceptors (Lipinski definition) is 22. The Kier molecular flexibility index (Phi) is 22.9. The van der Waals surface area contributed by atoms with Crippen molar-refractivity contribution in [3.63, 3.8) is 0 Å². The maximum absolute atomic E-state index is 13.8. The standard InChI is InChI=1S/C33H36N6O3.C30H33F3N6O2.C29H32Cl2N6O2/c1-3-30(41)38-18-33(19-38)20-39(21-33)31-26-10-12-37(29-14-24(40)13-22-7-4-5-9-25(22)29)16-28(26)35-32(27(31)15-34)42-17-23-8-6-11-36(23)2;1-3-26(40)38-16-29(17-38)18-39(19-29)27-21-10-12-37(25-9-5-4-8-23(25)30(31,32)33)14-24(21)35-28(22(27)13-34)41-15-20-7-6-11-36(20)2;1-3-25(38)36-15-29(16-36)17-37(18-29)27-20-9-11-35(24-8-4-7-22(30)26(24)31)13-23(20)33-28(21(27)12-32)39-14-19-6-5-10-34(19)2/h3-5,7,9,13-14,23,40H,1,6,8,10-12,16-21H2,2H3;3-5,8-9,20H,1,6-7,10-12,14-19H2,2H3;3-4,7-8,19H,1,5-6,9-11,13-18H2,2H3/t23-;20-;19-/m000/s1. The van der Waals surface area contributed by atoms with Crippen molar-refractivity contribution in [3.05, 3.63) is 183 Å². The van der Waals surface area contributed by atoms with Crippen molar-refractivity contribution < 1.29 is 46.9 Å². The maximum Gasteiger partial charge on any atom is 0.418 e. The molecule has 30 heteroatoms. The van der Waals surface area contributed by atoms with E-state index in [9.17, 15) is 48.4 Å². The number of likely N-dealkylation sites (tertiary alicyclic amines) is 6. The number of ether oxygens (including phenoxy) is 3. The molecule has 122 heavy (non-hydrogen) atoms. The molecule has 0 radical (unpaired) electrons. The van der Waals surface area contributed by atoms with Crippen LogP contribution in [-0.4, -0.2) is 244 Å². The normalized spacial score (nSPS) is 21.5. The maximum atomic E-state index is 13.8. The Hall–Kier alpha value is -11.1. The van der Waals surface area contributed by atoms with Crippen LogP contribution in [0.2, 0.25) is 10.0 Å². The van der Waals surface area contributed by atoms with E-state index in [1.165, 1.54) is 30.4 Å². The van der Waals surface area contributed by atoms with Crippen molar-refractivity contribution in [1.82, 2.24) is 44.4 Å². The molecule has 3 amide bonds. The summed E-state index contributed by atoms with van der Waals surface area (Å²) in [6, 6.07) is 31.1. The molecule has 15 heterocycles. The fraction of sp³-hybridized carbons (Fsp3) is 0.467. The predicted octanol–water partition coefficient (Wildman–Crippen LogP) is 11.7. The molecule has 0 aliphatic carbocycles. The van der Waals surface area contributed by atoms with Gasteiger partial charge in [0.05, 0.1) is 75.1 Å². The zero-order valence-electron chi connectivity index (χ0n) is 69.3. The molecule has 9 saturated heterocycles. The summed E-state index contributed by atoms with van der Waals surface area (Å²) in [7, 11) is 6.28. The van der Waals surface area contributed by atoms with Gasteiger partial charge in [-0.25, -0.2) is 15.0 Å². The number of halogens is 5. The van der Waals surface area contributed by atoms with Gasteiger partial charge in [-0.15, -0.1) is 0 Å². The second-order valence-corrected chi connectivity index (χ2v) is 36.1. The Morgan fingerprint density at radius 2 is 0.852 bits per heavy atom. The quantitative estimate of drug-likeness (QED) is 0.0784. The summed E-state index contributed by atoms with van der Waals surface area (Å²) in [5.74, 6) is 1.17. The van der Waals surface area contributed by atoms with Gasteiger partial charge in [-0.05, 0) is 153 Å². The number of rotatable bonds is 18. The van der Waals surface area contributed by atoms with Crippen molar-refractivity contribution in [2.45, 2.75) is 102 Å². The molecule has 0 bridgehead atoms. The minimum Gasteiger partial charge on any atom is -0.508 e. The van der Waals surface area contributed by atoms with Crippen LogP contribution in [0.5, 0.6) is 23.4 Å². The number of carbonyl (C=O) groups excluding carboxylic acids is 3. The third-order valence-electron chi connectivity index (χ3n) is 27.2.